The molecular formula is C18H34N2O2. The molecule has 0 aromatic carbocycles. The van der Waals surface area contributed by atoms with Gasteiger partial charge in [-0.25, -0.2) is 4.79 Å². The number of rotatable bonds is 6. The van der Waals surface area contributed by atoms with Gasteiger partial charge in [-0.3, -0.25) is 0 Å². The lowest BCUT2D eigenvalue weighted by Gasteiger charge is -2.31. The van der Waals surface area contributed by atoms with Gasteiger partial charge < -0.3 is 15.4 Å². The molecule has 1 aliphatic rings. The van der Waals surface area contributed by atoms with E-state index < -0.39 is 5.60 Å². The highest BCUT2D eigenvalue weighted by Gasteiger charge is 2.22. The fourth-order valence-electron chi connectivity index (χ4n) is 2.85. The number of nitrogens with one attached hydrogen (secondary N) is 2. The lowest BCUT2D eigenvalue weighted by molar-refractivity contribution is 0.0534. The van der Waals surface area contributed by atoms with Crippen LogP contribution >= 0.6 is 0 Å². The molecule has 0 aromatic heterocycles. The Morgan fingerprint density at radius 3 is 2.27 bits per heavy atom. The standard InChI is InChI=1S/C18H34N2O2/c1-14(2)15-8-10-16(11-9-15)19-12-6-7-13-20-17(21)22-18(3,4)5/h6-7,14-16,19H,8-13H2,1-5H3,(H,20,21)/b7-6+. The minimum atomic E-state index is -0.440. The predicted molar refractivity (Wildman–Crippen MR) is 92.0 cm³/mol. The van der Waals surface area contributed by atoms with Gasteiger partial charge in [-0.1, -0.05) is 26.0 Å². The average Bonchev–Trinajstić information content (AvgIpc) is 2.41. The third-order valence-corrected chi connectivity index (χ3v) is 4.17. The van der Waals surface area contributed by atoms with Crippen molar-refractivity contribution in [3.8, 4) is 0 Å². The molecule has 2 N–H and O–H groups in total. The average molecular weight is 310 g/mol. The molecule has 1 fully saturated rings. The summed E-state index contributed by atoms with van der Waals surface area (Å²) in [6.45, 7) is 11.6. The molecule has 22 heavy (non-hydrogen) atoms. The van der Waals surface area contributed by atoms with Gasteiger partial charge in [0.25, 0.3) is 0 Å². The number of alkyl carbamates (subject to hydrolysis) is 1. The first-order valence-corrected chi connectivity index (χ1v) is 8.63. The molecule has 1 aliphatic carbocycles. The van der Waals surface area contributed by atoms with E-state index in [1.165, 1.54) is 25.7 Å². The lowest BCUT2D eigenvalue weighted by Crippen LogP contribution is -2.34. The maximum atomic E-state index is 11.4. The topological polar surface area (TPSA) is 50.4 Å². The Hall–Kier alpha value is -1.03. The molecule has 1 amide bonds. The van der Waals surface area contributed by atoms with Crippen LogP contribution in [0.2, 0.25) is 0 Å². The molecule has 0 saturated heterocycles. The summed E-state index contributed by atoms with van der Waals surface area (Å²) in [4.78, 5) is 11.4. The van der Waals surface area contributed by atoms with Crippen LogP contribution in [0.4, 0.5) is 4.79 Å². The summed E-state index contributed by atoms with van der Waals surface area (Å²) in [7, 11) is 0. The summed E-state index contributed by atoms with van der Waals surface area (Å²) in [5, 5.41) is 6.30. The number of carbonyl (C=O) groups is 1. The SMILES string of the molecule is CC(C)C1CCC(NC/C=C/CNC(=O)OC(C)(C)C)CC1. The smallest absolute Gasteiger partial charge is 0.407 e. The highest BCUT2D eigenvalue weighted by atomic mass is 16.6. The fourth-order valence-corrected chi connectivity index (χ4v) is 2.85. The second kappa shape index (κ2) is 9.19. The normalized spacial score (nSPS) is 23.0. The Balaban J connectivity index is 2.06. The van der Waals surface area contributed by atoms with E-state index in [-0.39, 0.29) is 6.09 Å². The van der Waals surface area contributed by atoms with Gasteiger partial charge in [0.05, 0.1) is 0 Å². The van der Waals surface area contributed by atoms with Crippen LogP contribution in [0.3, 0.4) is 0 Å². The second-order valence-electron chi connectivity index (χ2n) is 7.62. The summed E-state index contributed by atoms with van der Waals surface area (Å²) < 4.78 is 5.17. The van der Waals surface area contributed by atoms with E-state index >= 15 is 0 Å². The number of hydrogen-bond donors (Lipinski definition) is 2. The van der Waals surface area contributed by atoms with Crippen molar-refractivity contribution in [1.82, 2.24) is 10.6 Å². The molecule has 4 heteroatoms. The molecule has 0 bridgehead atoms. The van der Waals surface area contributed by atoms with Crippen LogP contribution < -0.4 is 10.6 Å². The minimum Gasteiger partial charge on any atom is -0.444 e. The quantitative estimate of drug-likeness (QED) is 0.732. The van der Waals surface area contributed by atoms with E-state index in [0.29, 0.717) is 12.6 Å². The predicted octanol–water partition coefficient (Wildman–Crippen LogP) is 3.87. The molecule has 0 radical (unpaired) electrons. The molecule has 0 aromatic rings. The van der Waals surface area contributed by atoms with Crippen molar-refractivity contribution < 1.29 is 9.53 Å². The minimum absolute atomic E-state index is 0.364. The first-order valence-electron chi connectivity index (χ1n) is 8.63. The maximum absolute atomic E-state index is 11.4. The number of hydrogen-bond acceptors (Lipinski definition) is 3. The summed E-state index contributed by atoms with van der Waals surface area (Å²) in [6.07, 6.45) is 8.94. The monoisotopic (exact) mass is 310 g/mol. The summed E-state index contributed by atoms with van der Waals surface area (Å²) in [5.74, 6) is 1.73. The molecule has 0 aliphatic heterocycles. The van der Waals surface area contributed by atoms with E-state index in [4.69, 9.17) is 4.74 Å². The first kappa shape index (κ1) is 19.0. The summed E-state index contributed by atoms with van der Waals surface area (Å²) in [5.41, 5.74) is -0.440. The van der Waals surface area contributed by atoms with Crippen LogP contribution in [0, 0.1) is 11.8 Å². The number of ether oxygens (including phenoxy) is 1. The molecular weight excluding hydrogens is 276 g/mol. The van der Waals surface area contributed by atoms with Crippen molar-refractivity contribution in [3.63, 3.8) is 0 Å². The zero-order valence-corrected chi connectivity index (χ0v) is 14.9. The second-order valence-corrected chi connectivity index (χ2v) is 7.62. The Labute approximate surface area is 136 Å². The van der Waals surface area contributed by atoms with Crippen molar-refractivity contribution in [2.75, 3.05) is 13.1 Å². The third kappa shape index (κ3) is 8.42. The van der Waals surface area contributed by atoms with Crippen LogP contribution in [-0.4, -0.2) is 30.8 Å². The molecule has 0 heterocycles. The Morgan fingerprint density at radius 2 is 1.73 bits per heavy atom. The van der Waals surface area contributed by atoms with E-state index in [1.54, 1.807) is 0 Å². The third-order valence-electron chi connectivity index (χ3n) is 4.17. The Morgan fingerprint density at radius 1 is 1.14 bits per heavy atom. The number of amides is 1. The van der Waals surface area contributed by atoms with Gasteiger partial charge in [0.2, 0.25) is 0 Å². The molecule has 1 rings (SSSR count). The van der Waals surface area contributed by atoms with Crippen molar-refractivity contribution in [2.24, 2.45) is 11.8 Å². The molecule has 4 nitrogen and oxygen atoms in total. The van der Waals surface area contributed by atoms with Crippen molar-refractivity contribution in [3.05, 3.63) is 12.2 Å². The fraction of sp³-hybridized carbons (Fsp3) is 0.833. The van der Waals surface area contributed by atoms with Gasteiger partial charge in [0.15, 0.2) is 0 Å². The summed E-state index contributed by atoms with van der Waals surface area (Å²) >= 11 is 0. The zero-order chi connectivity index (χ0) is 16.6. The zero-order valence-electron chi connectivity index (χ0n) is 14.9. The highest BCUT2D eigenvalue weighted by molar-refractivity contribution is 5.67. The van der Waals surface area contributed by atoms with Crippen LogP contribution in [-0.2, 0) is 4.74 Å². The van der Waals surface area contributed by atoms with E-state index in [0.717, 1.165) is 18.4 Å². The van der Waals surface area contributed by atoms with Gasteiger partial charge in [-0.15, -0.1) is 0 Å². The number of carbonyl (C=O) groups excluding carboxylic acids is 1. The van der Waals surface area contributed by atoms with Crippen molar-refractivity contribution in [2.45, 2.75) is 71.9 Å². The van der Waals surface area contributed by atoms with Crippen molar-refractivity contribution in [1.29, 1.82) is 0 Å². The van der Waals surface area contributed by atoms with E-state index in [2.05, 4.69) is 30.6 Å². The highest BCUT2D eigenvalue weighted by Crippen LogP contribution is 2.29. The van der Waals surface area contributed by atoms with Crippen LogP contribution in [0.5, 0.6) is 0 Å². The Kier molecular flexibility index (Phi) is 7.94. The van der Waals surface area contributed by atoms with Crippen molar-refractivity contribution >= 4 is 6.09 Å². The van der Waals surface area contributed by atoms with Crippen LogP contribution in [0.25, 0.3) is 0 Å². The van der Waals surface area contributed by atoms with Gasteiger partial charge in [-0.2, -0.15) is 0 Å². The van der Waals surface area contributed by atoms with Gasteiger partial charge in [-0.05, 0) is 58.3 Å². The van der Waals surface area contributed by atoms with Gasteiger partial charge >= 0.3 is 6.09 Å². The lowest BCUT2D eigenvalue weighted by atomic mass is 9.80. The van der Waals surface area contributed by atoms with E-state index in [9.17, 15) is 4.79 Å². The largest absolute Gasteiger partial charge is 0.444 e. The van der Waals surface area contributed by atoms with Crippen LogP contribution in [0.1, 0.15) is 60.3 Å². The van der Waals surface area contributed by atoms with Gasteiger partial charge in [0.1, 0.15) is 5.60 Å². The maximum Gasteiger partial charge on any atom is 0.407 e. The molecule has 0 atom stereocenters. The van der Waals surface area contributed by atoms with E-state index in [1.807, 2.05) is 26.8 Å². The molecule has 0 spiro atoms. The molecule has 0 unspecified atom stereocenters. The summed E-state index contributed by atoms with van der Waals surface area (Å²) in [6, 6.07) is 0.651. The molecule has 1 saturated carbocycles. The van der Waals surface area contributed by atoms with Gasteiger partial charge in [0, 0.05) is 19.1 Å². The molecule has 128 valence electrons. The van der Waals surface area contributed by atoms with Crippen LogP contribution in [0.15, 0.2) is 12.2 Å². The Bertz CT molecular complexity index is 351. The first-order chi connectivity index (χ1) is 10.3.